The third-order valence-electron chi connectivity index (χ3n) is 4.90. The summed E-state index contributed by atoms with van der Waals surface area (Å²) in [6.45, 7) is 2.56. The van der Waals surface area contributed by atoms with Crippen LogP contribution in [0, 0.1) is 5.92 Å². The molecule has 2 aromatic carbocycles. The lowest BCUT2D eigenvalue weighted by Gasteiger charge is -2.32. The Morgan fingerprint density at radius 3 is 2.75 bits per heavy atom. The molecule has 1 atom stereocenters. The molecule has 0 aliphatic carbocycles. The lowest BCUT2D eigenvalue weighted by atomic mass is 9.96. The molecule has 1 heterocycles. The van der Waals surface area contributed by atoms with Crippen LogP contribution in [0.1, 0.15) is 18.4 Å². The van der Waals surface area contributed by atoms with E-state index in [1.165, 1.54) is 5.56 Å². The highest BCUT2D eigenvalue weighted by atomic mass is 79.9. The van der Waals surface area contributed by atoms with E-state index in [1.54, 1.807) is 26.4 Å². The maximum atomic E-state index is 12.9. The van der Waals surface area contributed by atoms with Crippen LogP contribution in [0.4, 0.5) is 5.69 Å². The number of hydrogen-bond donors (Lipinski definition) is 1. The Morgan fingerprint density at radius 1 is 1.25 bits per heavy atom. The molecule has 1 amide bonds. The second-order valence-electron chi connectivity index (χ2n) is 6.88. The van der Waals surface area contributed by atoms with Crippen LogP contribution in [0.25, 0.3) is 0 Å². The third kappa shape index (κ3) is 5.19. The van der Waals surface area contributed by atoms with E-state index in [2.05, 4.69) is 38.3 Å². The molecular weight excluding hydrogens is 444 g/mol. The predicted molar refractivity (Wildman–Crippen MR) is 115 cm³/mol. The van der Waals surface area contributed by atoms with Gasteiger partial charge >= 0.3 is 0 Å². The molecule has 1 aliphatic heterocycles. The van der Waals surface area contributed by atoms with Crippen molar-refractivity contribution in [2.24, 2.45) is 5.92 Å². The zero-order valence-corrected chi connectivity index (χ0v) is 18.3. The number of piperidine rings is 1. The van der Waals surface area contributed by atoms with Gasteiger partial charge in [-0.2, -0.15) is 0 Å². The molecule has 2 aromatic rings. The molecule has 0 bridgehead atoms. The Hall–Kier alpha value is -1.76. The van der Waals surface area contributed by atoms with E-state index < -0.39 is 0 Å². The summed E-state index contributed by atoms with van der Waals surface area (Å²) >= 11 is 9.66. The fourth-order valence-electron chi connectivity index (χ4n) is 3.50. The van der Waals surface area contributed by atoms with E-state index in [0.29, 0.717) is 22.2 Å². The SMILES string of the molecule is COc1cc(NC(=O)C2CCCN(Cc3cccc(Br)c3)C2)c(OC)cc1Cl. The summed E-state index contributed by atoms with van der Waals surface area (Å²) in [5.41, 5.74) is 1.80. The molecule has 0 saturated carbocycles. The molecule has 150 valence electrons. The van der Waals surface area contributed by atoms with Gasteiger partial charge < -0.3 is 14.8 Å². The number of methoxy groups -OCH3 is 2. The smallest absolute Gasteiger partial charge is 0.228 e. The van der Waals surface area contributed by atoms with Crippen LogP contribution in [-0.2, 0) is 11.3 Å². The fraction of sp³-hybridized carbons (Fsp3) is 0.381. The normalized spacial score (nSPS) is 17.2. The van der Waals surface area contributed by atoms with Crippen molar-refractivity contribution in [1.82, 2.24) is 4.90 Å². The van der Waals surface area contributed by atoms with E-state index in [1.807, 2.05) is 12.1 Å². The largest absolute Gasteiger partial charge is 0.495 e. The topological polar surface area (TPSA) is 50.8 Å². The molecule has 1 saturated heterocycles. The van der Waals surface area contributed by atoms with Gasteiger partial charge in [-0.3, -0.25) is 9.69 Å². The number of ether oxygens (including phenoxy) is 2. The highest BCUT2D eigenvalue weighted by molar-refractivity contribution is 9.10. The molecule has 0 aromatic heterocycles. The standard InChI is InChI=1S/C21H24BrClN2O3/c1-27-19-11-18(20(28-2)10-17(19)23)24-21(26)15-6-4-8-25(13-15)12-14-5-3-7-16(22)9-14/h3,5,7,9-11,15H,4,6,8,12-13H2,1-2H3,(H,24,26). The zero-order chi connectivity index (χ0) is 20.1. The van der Waals surface area contributed by atoms with E-state index >= 15 is 0 Å². The van der Waals surface area contributed by atoms with Crippen molar-refractivity contribution < 1.29 is 14.3 Å². The van der Waals surface area contributed by atoms with Crippen molar-refractivity contribution in [3.8, 4) is 11.5 Å². The minimum atomic E-state index is -0.0766. The second kappa shape index (κ2) is 9.63. The summed E-state index contributed by atoms with van der Waals surface area (Å²) in [5.74, 6) is 0.924. The van der Waals surface area contributed by atoms with Crippen molar-refractivity contribution in [3.63, 3.8) is 0 Å². The van der Waals surface area contributed by atoms with Crippen LogP contribution in [0.5, 0.6) is 11.5 Å². The molecule has 7 heteroatoms. The zero-order valence-electron chi connectivity index (χ0n) is 16.0. The Kier molecular flexibility index (Phi) is 7.21. The van der Waals surface area contributed by atoms with E-state index in [-0.39, 0.29) is 11.8 Å². The molecule has 5 nitrogen and oxygen atoms in total. The molecule has 1 aliphatic rings. The Labute approximate surface area is 179 Å². The molecule has 1 fully saturated rings. The number of likely N-dealkylation sites (tertiary alicyclic amines) is 1. The van der Waals surface area contributed by atoms with Gasteiger partial charge in [0.15, 0.2) is 0 Å². The van der Waals surface area contributed by atoms with Gasteiger partial charge in [0.25, 0.3) is 0 Å². The van der Waals surface area contributed by atoms with Crippen LogP contribution < -0.4 is 14.8 Å². The van der Waals surface area contributed by atoms with Crippen molar-refractivity contribution in [3.05, 3.63) is 51.5 Å². The maximum absolute atomic E-state index is 12.9. The number of carbonyl (C=O) groups is 1. The number of amides is 1. The Balaban J connectivity index is 1.67. The summed E-state index contributed by atoms with van der Waals surface area (Å²) in [4.78, 5) is 15.2. The first-order chi connectivity index (χ1) is 13.5. The van der Waals surface area contributed by atoms with Crippen molar-refractivity contribution in [2.45, 2.75) is 19.4 Å². The number of benzene rings is 2. The number of nitrogens with zero attached hydrogens (tertiary/aromatic N) is 1. The molecule has 1 N–H and O–H groups in total. The summed E-state index contributed by atoms with van der Waals surface area (Å²) in [6.07, 6.45) is 1.86. The maximum Gasteiger partial charge on any atom is 0.228 e. The lowest BCUT2D eigenvalue weighted by molar-refractivity contribution is -0.121. The van der Waals surface area contributed by atoms with E-state index in [0.717, 1.165) is 36.9 Å². The van der Waals surface area contributed by atoms with Crippen LogP contribution in [-0.4, -0.2) is 38.1 Å². The average molecular weight is 468 g/mol. The van der Waals surface area contributed by atoms with Gasteiger partial charge in [0, 0.05) is 29.7 Å². The number of anilines is 1. The second-order valence-corrected chi connectivity index (χ2v) is 8.20. The highest BCUT2D eigenvalue weighted by Crippen LogP contribution is 2.36. The van der Waals surface area contributed by atoms with Crippen LogP contribution >= 0.6 is 27.5 Å². The van der Waals surface area contributed by atoms with Crippen molar-refractivity contribution in [1.29, 1.82) is 0 Å². The van der Waals surface area contributed by atoms with Gasteiger partial charge in [-0.05, 0) is 37.1 Å². The van der Waals surface area contributed by atoms with Gasteiger partial charge in [-0.25, -0.2) is 0 Å². The monoisotopic (exact) mass is 466 g/mol. The number of halogens is 2. The minimum Gasteiger partial charge on any atom is -0.495 e. The summed E-state index contributed by atoms with van der Waals surface area (Å²) in [5, 5.41) is 3.43. The fourth-order valence-corrected chi connectivity index (χ4v) is 4.18. The third-order valence-corrected chi connectivity index (χ3v) is 5.69. The average Bonchev–Trinajstić information content (AvgIpc) is 2.69. The number of carbonyl (C=O) groups excluding carboxylic acids is 1. The van der Waals surface area contributed by atoms with Gasteiger partial charge in [0.2, 0.25) is 5.91 Å². The van der Waals surface area contributed by atoms with E-state index in [4.69, 9.17) is 21.1 Å². The van der Waals surface area contributed by atoms with Gasteiger partial charge in [0.05, 0.1) is 30.8 Å². The first-order valence-corrected chi connectivity index (χ1v) is 10.4. The van der Waals surface area contributed by atoms with Gasteiger partial charge in [0.1, 0.15) is 11.5 Å². The summed E-state index contributed by atoms with van der Waals surface area (Å²) in [6, 6.07) is 11.6. The molecule has 0 spiro atoms. The predicted octanol–water partition coefficient (Wildman–Crippen LogP) is 4.97. The summed E-state index contributed by atoms with van der Waals surface area (Å²) < 4.78 is 11.7. The first-order valence-electron chi connectivity index (χ1n) is 9.19. The highest BCUT2D eigenvalue weighted by Gasteiger charge is 2.26. The molecule has 28 heavy (non-hydrogen) atoms. The molecular formula is C21H24BrClN2O3. The van der Waals surface area contributed by atoms with Crippen LogP contribution in [0.15, 0.2) is 40.9 Å². The lowest BCUT2D eigenvalue weighted by Crippen LogP contribution is -2.40. The molecule has 0 radical (unpaired) electrons. The van der Waals surface area contributed by atoms with E-state index in [9.17, 15) is 4.79 Å². The van der Waals surface area contributed by atoms with Gasteiger partial charge in [-0.1, -0.05) is 39.7 Å². The van der Waals surface area contributed by atoms with Crippen LogP contribution in [0.2, 0.25) is 5.02 Å². The molecule has 1 unspecified atom stereocenters. The van der Waals surface area contributed by atoms with Crippen molar-refractivity contribution >= 4 is 39.1 Å². The minimum absolute atomic E-state index is 0.0124. The quantitative estimate of drug-likeness (QED) is 0.652. The number of rotatable bonds is 6. The number of hydrogen-bond acceptors (Lipinski definition) is 4. The van der Waals surface area contributed by atoms with Gasteiger partial charge in [-0.15, -0.1) is 0 Å². The Morgan fingerprint density at radius 2 is 2.04 bits per heavy atom. The van der Waals surface area contributed by atoms with Crippen molar-refractivity contribution in [2.75, 3.05) is 32.6 Å². The number of nitrogens with one attached hydrogen (secondary N) is 1. The Bertz CT molecular complexity index is 846. The molecule has 3 rings (SSSR count). The van der Waals surface area contributed by atoms with Crippen LogP contribution in [0.3, 0.4) is 0 Å². The summed E-state index contributed by atoms with van der Waals surface area (Å²) in [7, 11) is 3.09. The first kappa shape index (κ1) is 21.0.